The molecule has 1 aromatic rings. The summed E-state index contributed by atoms with van der Waals surface area (Å²) in [6, 6.07) is 3.76. The Morgan fingerprint density at radius 1 is 1.19 bits per heavy atom. The smallest absolute Gasteiger partial charge is 0.243 e. The molecule has 0 spiro atoms. The van der Waals surface area contributed by atoms with Crippen LogP contribution in [0.5, 0.6) is 0 Å². The molecule has 0 atom stereocenters. The average Bonchev–Trinajstić information content (AvgIpc) is 2.38. The largest absolute Gasteiger partial charge is 0.385 e. The molecule has 0 heterocycles. The third-order valence-electron chi connectivity index (χ3n) is 3.34. The first-order valence-corrected chi connectivity index (χ1v) is 8.66. The molecule has 1 N–H and O–H groups in total. The summed E-state index contributed by atoms with van der Waals surface area (Å²) < 4.78 is 32.1. The van der Waals surface area contributed by atoms with Gasteiger partial charge < -0.3 is 10.1 Å². The van der Waals surface area contributed by atoms with Crippen LogP contribution in [0.4, 0.5) is 5.69 Å². The number of anilines is 1. The normalized spacial score (nSPS) is 11.9. The zero-order chi connectivity index (χ0) is 16.0. The minimum Gasteiger partial charge on any atom is -0.385 e. The van der Waals surface area contributed by atoms with Gasteiger partial charge in [0.15, 0.2) is 0 Å². The molecule has 0 fully saturated rings. The maximum absolute atomic E-state index is 12.8. The summed E-state index contributed by atoms with van der Waals surface area (Å²) in [6.07, 6.45) is 0. The maximum Gasteiger partial charge on any atom is 0.243 e. The van der Waals surface area contributed by atoms with Crippen molar-refractivity contribution in [2.24, 2.45) is 0 Å². The number of ether oxygens (including phenoxy) is 1. The summed E-state index contributed by atoms with van der Waals surface area (Å²) in [5.74, 6) is 0. The van der Waals surface area contributed by atoms with Gasteiger partial charge in [-0.25, -0.2) is 8.42 Å². The van der Waals surface area contributed by atoms with Gasteiger partial charge in [-0.05, 0) is 44.0 Å². The highest BCUT2D eigenvalue weighted by atomic mass is 32.2. The summed E-state index contributed by atoms with van der Waals surface area (Å²) in [7, 11) is -1.92. The van der Waals surface area contributed by atoms with Crippen molar-refractivity contribution in [3.63, 3.8) is 0 Å². The minimum atomic E-state index is -3.49. The molecular weight excluding hydrogens is 288 g/mol. The van der Waals surface area contributed by atoms with E-state index in [0.29, 0.717) is 24.6 Å². The maximum atomic E-state index is 12.8. The second-order valence-corrected chi connectivity index (χ2v) is 6.83. The van der Waals surface area contributed by atoms with Crippen molar-refractivity contribution >= 4 is 15.7 Å². The van der Waals surface area contributed by atoms with Crippen LogP contribution in [0.2, 0.25) is 0 Å². The summed E-state index contributed by atoms with van der Waals surface area (Å²) in [5, 5.41) is 3.22. The van der Waals surface area contributed by atoms with Crippen LogP contribution in [0.3, 0.4) is 0 Å². The molecule has 0 radical (unpaired) electrons. The van der Waals surface area contributed by atoms with Gasteiger partial charge >= 0.3 is 0 Å². The Labute approximate surface area is 128 Å². The zero-order valence-corrected chi connectivity index (χ0v) is 14.4. The van der Waals surface area contributed by atoms with Crippen LogP contribution in [-0.4, -0.2) is 46.1 Å². The number of aryl methyl sites for hydroxylation is 2. The third-order valence-corrected chi connectivity index (χ3v) is 5.62. The second-order valence-electron chi connectivity index (χ2n) is 4.96. The van der Waals surface area contributed by atoms with Gasteiger partial charge in [-0.3, -0.25) is 0 Å². The van der Waals surface area contributed by atoms with Gasteiger partial charge in [0.25, 0.3) is 0 Å². The molecule has 0 saturated carbocycles. The van der Waals surface area contributed by atoms with E-state index < -0.39 is 10.0 Å². The highest BCUT2D eigenvalue weighted by Gasteiger charge is 2.26. The van der Waals surface area contributed by atoms with Gasteiger partial charge in [-0.15, -0.1) is 0 Å². The summed E-state index contributed by atoms with van der Waals surface area (Å²) in [6.45, 7) is 9.52. The molecule has 21 heavy (non-hydrogen) atoms. The van der Waals surface area contributed by atoms with E-state index in [1.54, 1.807) is 7.11 Å². The highest BCUT2D eigenvalue weighted by molar-refractivity contribution is 7.89. The Bertz CT molecular complexity index is 547. The number of methoxy groups -OCH3 is 1. The Balaban J connectivity index is 3.24. The molecule has 0 saturated heterocycles. The molecule has 0 unspecified atom stereocenters. The molecule has 1 aromatic carbocycles. The Morgan fingerprint density at radius 3 is 2.19 bits per heavy atom. The van der Waals surface area contributed by atoms with Crippen molar-refractivity contribution in [1.82, 2.24) is 4.31 Å². The van der Waals surface area contributed by atoms with Crippen LogP contribution in [-0.2, 0) is 14.8 Å². The Morgan fingerprint density at radius 2 is 1.76 bits per heavy atom. The van der Waals surface area contributed by atoms with Gasteiger partial charge in [0, 0.05) is 32.4 Å². The lowest BCUT2D eigenvalue weighted by Gasteiger charge is -2.23. The fraction of sp³-hybridized carbons (Fsp3) is 0.600. The highest BCUT2D eigenvalue weighted by Crippen LogP contribution is 2.27. The summed E-state index contributed by atoms with van der Waals surface area (Å²) in [4.78, 5) is 0.405. The van der Waals surface area contributed by atoms with Crippen molar-refractivity contribution < 1.29 is 13.2 Å². The molecule has 0 aliphatic rings. The monoisotopic (exact) mass is 314 g/mol. The first-order chi connectivity index (χ1) is 9.88. The molecule has 0 aliphatic heterocycles. The number of benzene rings is 1. The van der Waals surface area contributed by atoms with E-state index in [1.165, 1.54) is 4.31 Å². The van der Waals surface area contributed by atoms with Crippen LogP contribution in [0.1, 0.15) is 25.0 Å². The molecule has 0 aromatic heterocycles. The van der Waals surface area contributed by atoms with E-state index in [2.05, 4.69) is 5.32 Å². The molecule has 5 nitrogen and oxygen atoms in total. The fourth-order valence-electron chi connectivity index (χ4n) is 2.43. The molecular formula is C15H26N2O3S. The van der Waals surface area contributed by atoms with E-state index in [4.69, 9.17) is 4.74 Å². The fourth-order valence-corrected chi connectivity index (χ4v) is 4.28. The molecule has 120 valence electrons. The van der Waals surface area contributed by atoms with Crippen LogP contribution in [0.15, 0.2) is 17.0 Å². The Kier molecular flexibility index (Phi) is 6.64. The van der Waals surface area contributed by atoms with Crippen molar-refractivity contribution in [1.29, 1.82) is 0 Å². The minimum absolute atomic E-state index is 0.364. The lowest BCUT2D eigenvalue weighted by Crippen LogP contribution is -2.34. The van der Waals surface area contributed by atoms with Crippen LogP contribution in [0, 0.1) is 13.8 Å². The van der Waals surface area contributed by atoms with Crippen molar-refractivity contribution in [2.45, 2.75) is 32.6 Å². The predicted octanol–water partition coefficient (Wildman–Crippen LogP) is 2.39. The topological polar surface area (TPSA) is 58.6 Å². The van der Waals surface area contributed by atoms with Gasteiger partial charge in [0.2, 0.25) is 10.0 Å². The standard InChI is InChI=1S/C15H26N2O3S/c1-6-16-14-10-12(3)15(13(4)11-14)21(18,19)17(7-2)8-9-20-5/h10-11,16H,6-9H2,1-5H3. The number of rotatable bonds is 8. The van der Waals surface area contributed by atoms with Crippen molar-refractivity contribution in [3.8, 4) is 0 Å². The predicted molar refractivity (Wildman–Crippen MR) is 86.4 cm³/mol. The average molecular weight is 314 g/mol. The first-order valence-electron chi connectivity index (χ1n) is 7.22. The lowest BCUT2D eigenvalue weighted by atomic mass is 10.1. The zero-order valence-electron chi connectivity index (χ0n) is 13.6. The number of hydrogen-bond donors (Lipinski definition) is 1. The van der Waals surface area contributed by atoms with E-state index >= 15 is 0 Å². The first kappa shape index (κ1) is 17.9. The van der Waals surface area contributed by atoms with Gasteiger partial charge in [-0.1, -0.05) is 6.92 Å². The second kappa shape index (κ2) is 7.77. The number of nitrogens with zero attached hydrogens (tertiary/aromatic N) is 1. The van der Waals surface area contributed by atoms with Crippen molar-refractivity contribution in [2.75, 3.05) is 38.7 Å². The van der Waals surface area contributed by atoms with Crippen molar-refractivity contribution in [3.05, 3.63) is 23.3 Å². The van der Waals surface area contributed by atoms with Crippen LogP contribution in [0.25, 0.3) is 0 Å². The molecule has 6 heteroatoms. The quantitative estimate of drug-likeness (QED) is 0.800. The Hall–Kier alpha value is -1.11. The van der Waals surface area contributed by atoms with Crippen LogP contribution < -0.4 is 5.32 Å². The molecule has 0 aliphatic carbocycles. The van der Waals surface area contributed by atoms with Gasteiger partial charge in [-0.2, -0.15) is 4.31 Å². The SMILES string of the molecule is CCNc1cc(C)c(S(=O)(=O)N(CC)CCOC)c(C)c1. The molecule has 1 rings (SSSR count). The number of nitrogens with one attached hydrogen (secondary N) is 1. The van der Waals surface area contributed by atoms with E-state index in [0.717, 1.165) is 23.4 Å². The van der Waals surface area contributed by atoms with E-state index in [1.807, 2.05) is 39.8 Å². The third kappa shape index (κ3) is 4.18. The molecule has 0 amide bonds. The van der Waals surface area contributed by atoms with Gasteiger partial charge in [0.1, 0.15) is 0 Å². The van der Waals surface area contributed by atoms with Gasteiger partial charge in [0.05, 0.1) is 11.5 Å². The molecule has 0 bridgehead atoms. The van der Waals surface area contributed by atoms with E-state index in [-0.39, 0.29) is 0 Å². The lowest BCUT2D eigenvalue weighted by molar-refractivity contribution is 0.180. The number of sulfonamides is 1. The summed E-state index contributed by atoms with van der Waals surface area (Å²) >= 11 is 0. The number of hydrogen-bond acceptors (Lipinski definition) is 4. The van der Waals surface area contributed by atoms with Crippen LogP contribution >= 0.6 is 0 Å². The summed E-state index contributed by atoms with van der Waals surface area (Å²) in [5.41, 5.74) is 2.48. The van der Waals surface area contributed by atoms with E-state index in [9.17, 15) is 8.42 Å². The number of likely N-dealkylation sites (N-methyl/N-ethyl adjacent to an activating group) is 1.